The largest absolute Gasteiger partial charge is 0.388 e. The molecular formula is C7H13N5O. The molecule has 2 rings (SSSR count). The highest BCUT2D eigenvalue weighted by Crippen LogP contribution is 2.14. The molecule has 72 valence electrons. The van der Waals surface area contributed by atoms with Crippen LogP contribution in [0.2, 0.25) is 0 Å². The summed E-state index contributed by atoms with van der Waals surface area (Å²) in [4.78, 5) is 6.11. The number of aliphatic hydroxyl groups excluding tert-OH is 1. The number of aromatic amines is 1. The average Bonchev–Trinajstić information content (AvgIpc) is 2.71. The van der Waals surface area contributed by atoms with Crippen molar-refractivity contribution >= 4 is 5.95 Å². The third-order valence-corrected chi connectivity index (χ3v) is 2.18. The Morgan fingerprint density at radius 2 is 2.54 bits per heavy atom. The molecule has 0 saturated carbocycles. The Bertz CT molecular complexity index is 286. The molecule has 0 amide bonds. The van der Waals surface area contributed by atoms with Gasteiger partial charge in [-0.2, -0.15) is 4.98 Å². The molecule has 0 spiro atoms. The lowest BCUT2D eigenvalue weighted by Crippen LogP contribution is -2.26. The monoisotopic (exact) mass is 183 g/mol. The molecule has 1 aromatic rings. The van der Waals surface area contributed by atoms with E-state index in [4.69, 9.17) is 10.8 Å². The van der Waals surface area contributed by atoms with E-state index in [1.54, 1.807) is 0 Å². The van der Waals surface area contributed by atoms with Gasteiger partial charge in [0.2, 0.25) is 5.95 Å². The Morgan fingerprint density at radius 1 is 1.69 bits per heavy atom. The summed E-state index contributed by atoms with van der Waals surface area (Å²) in [6.45, 7) is 1.58. The lowest BCUT2D eigenvalue weighted by molar-refractivity contribution is 0.272. The zero-order valence-electron chi connectivity index (χ0n) is 7.27. The molecule has 0 aromatic carbocycles. The number of H-pyrrole nitrogens is 1. The summed E-state index contributed by atoms with van der Waals surface area (Å²) in [7, 11) is 0. The van der Waals surface area contributed by atoms with Crippen LogP contribution < -0.4 is 10.6 Å². The van der Waals surface area contributed by atoms with Crippen molar-refractivity contribution in [3.8, 4) is 0 Å². The fourth-order valence-electron chi connectivity index (χ4n) is 1.47. The first-order valence-corrected chi connectivity index (χ1v) is 4.32. The minimum Gasteiger partial charge on any atom is -0.388 e. The Morgan fingerprint density at radius 3 is 3.08 bits per heavy atom. The molecule has 1 aliphatic rings. The molecule has 6 nitrogen and oxygen atoms in total. The Hall–Kier alpha value is -1.14. The smallest absolute Gasteiger partial charge is 0.244 e. The van der Waals surface area contributed by atoms with Crippen LogP contribution in [-0.4, -0.2) is 39.4 Å². The van der Waals surface area contributed by atoms with E-state index in [0.717, 1.165) is 19.5 Å². The number of nitrogens with two attached hydrogens (primary N) is 1. The van der Waals surface area contributed by atoms with E-state index in [9.17, 15) is 0 Å². The van der Waals surface area contributed by atoms with Gasteiger partial charge in [0.1, 0.15) is 6.61 Å². The molecule has 1 saturated heterocycles. The van der Waals surface area contributed by atoms with Crippen molar-refractivity contribution in [3.05, 3.63) is 5.82 Å². The maximum Gasteiger partial charge on any atom is 0.244 e. The fourth-order valence-corrected chi connectivity index (χ4v) is 1.47. The van der Waals surface area contributed by atoms with Gasteiger partial charge in [-0.25, -0.2) is 0 Å². The quantitative estimate of drug-likeness (QED) is 0.537. The SMILES string of the molecule is NC1CCN(c2n[nH]c(CO)n2)C1. The maximum atomic E-state index is 8.77. The van der Waals surface area contributed by atoms with Gasteiger partial charge >= 0.3 is 0 Å². The van der Waals surface area contributed by atoms with Crippen LogP contribution in [-0.2, 0) is 6.61 Å². The molecule has 1 aromatic heterocycles. The Kier molecular flexibility index (Phi) is 2.15. The lowest BCUT2D eigenvalue weighted by atomic mass is 10.3. The van der Waals surface area contributed by atoms with Gasteiger partial charge in [0.05, 0.1) is 0 Å². The highest BCUT2D eigenvalue weighted by atomic mass is 16.3. The number of hydrogen-bond acceptors (Lipinski definition) is 5. The minimum atomic E-state index is -0.104. The van der Waals surface area contributed by atoms with Crippen LogP contribution >= 0.6 is 0 Å². The molecule has 13 heavy (non-hydrogen) atoms. The van der Waals surface area contributed by atoms with Crippen LogP contribution in [0.4, 0.5) is 5.95 Å². The Balaban J connectivity index is 2.08. The summed E-state index contributed by atoms with van der Waals surface area (Å²) in [5.74, 6) is 1.13. The second-order valence-electron chi connectivity index (χ2n) is 3.23. The number of aromatic nitrogens is 3. The van der Waals surface area contributed by atoms with Crippen molar-refractivity contribution in [2.24, 2.45) is 5.73 Å². The second kappa shape index (κ2) is 3.31. The average molecular weight is 183 g/mol. The zero-order chi connectivity index (χ0) is 9.26. The minimum absolute atomic E-state index is 0.104. The molecule has 1 unspecified atom stereocenters. The third kappa shape index (κ3) is 1.63. The molecule has 1 atom stereocenters. The maximum absolute atomic E-state index is 8.77. The van der Waals surface area contributed by atoms with Gasteiger partial charge in [-0.15, -0.1) is 5.10 Å². The third-order valence-electron chi connectivity index (χ3n) is 2.18. The number of rotatable bonds is 2. The molecule has 2 heterocycles. The fraction of sp³-hybridized carbons (Fsp3) is 0.714. The highest BCUT2D eigenvalue weighted by molar-refractivity contribution is 5.30. The van der Waals surface area contributed by atoms with E-state index in [2.05, 4.69) is 15.2 Å². The first kappa shape index (κ1) is 8.46. The molecular weight excluding hydrogens is 170 g/mol. The predicted molar refractivity (Wildman–Crippen MR) is 47.1 cm³/mol. The summed E-state index contributed by atoms with van der Waals surface area (Å²) in [5, 5.41) is 15.4. The number of hydrogen-bond donors (Lipinski definition) is 3. The van der Waals surface area contributed by atoms with E-state index in [1.807, 2.05) is 4.90 Å². The van der Waals surface area contributed by atoms with Crippen LogP contribution in [0, 0.1) is 0 Å². The predicted octanol–water partition coefficient (Wildman–Crippen LogP) is -1.17. The van der Waals surface area contributed by atoms with Crippen LogP contribution in [0.3, 0.4) is 0 Å². The van der Waals surface area contributed by atoms with Gasteiger partial charge in [-0.05, 0) is 6.42 Å². The van der Waals surface area contributed by atoms with Crippen molar-refractivity contribution in [1.29, 1.82) is 0 Å². The van der Waals surface area contributed by atoms with Crippen LogP contribution in [0.15, 0.2) is 0 Å². The van der Waals surface area contributed by atoms with E-state index in [-0.39, 0.29) is 12.6 Å². The molecule has 4 N–H and O–H groups in total. The molecule has 1 fully saturated rings. The topological polar surface area (TPSA) is 91.1 Å². The molecule has 6 heteroatoms. The van der Waals surface area contributed by atoms with Gasteiger partial charge in [0.15, 0.2) is 5.82 Å². The van der Waals surface area contributed by atoms with Crippen LogP contribution in [0.1, 0.15) is 12.2 Å². The standard InChI is InChI=1S/C7H13N5O/c8-5-1-2-12(3-5)7-9-6(4-13)10-11-7/h5,13H,1-4,8H2,(H,9,10,11). The van der Waals surface area contributed by atoms with Crippen molar-refractivity contribution in [3.63, 3.8) is 0 Å². The summed E-state index contributed by atoms with van der Waals surface area (Å²) in [5.41, 5.74) is 5.74. The Labute approximate surface area is 75.8 Å². The van der Waals surface area contributed by atoms with Gasteiger partial charge < -0.3 is 15.7 Å². The summed E-state index contributed by atoms with van der Waals surface area (Å²) in [6, 6.07) is 0.219. The van der Waals surface area contributed by atoms with E-state index < -0.39 is 0 Å². The van der Waals surface area contributed by atoms with E-state index in [1.165, 1.54) is 0 Å². The van der Waals surface area contributed by atoms with Gasteiger partial charge in [-0.1, -0.05) is 0 Å². The molecule has 0 radical (unpaired) electrons. The zero-order valence-corrected chi connectivity index (χ0v) is 7.27. The lowest BCUT2D eigenvalue weighted by Gasteiger charge is -2.11. The number of nitrogens with zero attached hydrogens (tertiary/aromatic N) is 3. The van der Waals surface area contributed by atoms with E-state index >= 15 is 0 Å². The summed E-state index contributed by atoms with van der Waals surface area (Å²) in [6.07, 6.45) is 0.975. The molecule has 1 aliphatic heterocycles. The van der Waals surface area contributed by atoms with Crippen LogP contribution in [0.5, 0.6) is 0 Å². The first-order valence-electron chi connectivity index (χ1n) is 4.32. The van der Waals surface area contributed by atoms with Crippen molar-refractivity contribution in [2.45, 2.75) is 19.1 Å². The van der Waals surface area contributed by atoms with Gasteiger partial charge in [0, 0.05) is 19.1 Å². The van der Waals surface area contributed by atoms with Crippen molar-refractivity contribution in [1.82, 2.24) is 15.2 Å². The molecule has 0 aliphatic carbocycles. The number of aliphatic hydroxyl groups is 1. The normalized spacial score (nSPS) is 22.6. The van der Waals surface area contributed by atoms with Gasteiger partial charge in [-0.3, -0.25) is 5.10 Å². The summed E-state index contributed by atoms with van der Waals surface area (Å²) < 4.78 is 0. The van der Waals surface area contributed by atoms with Crippen LogP contribution in [0.25, 0.3) is 0 Å². The molecule has 0 bridgehead atoms. The van der Waals surface area contributed by atoms with Gasteiger partial charge in [0.25, 0.3) is 0 Å². The highest BCUT2D eigenvalue weighted by Gasteiger charge is 2.21. The number of nitrogens with one attached hydrogen (secondary N) is 1. The first-order chi connectivity index (χ1) is 6.29. The summed E-state index contributed by atoms with van der Waals surface area (Å²) >= 11 is 0. The van der Waals surface area contributed by atoms with Crippen molar-refractivity contribution < 1.29 is 5.11 Å². The second-order valence-corrected chi connectivity index (χ2v) is 3.23. The number of anilines is 1. The van der Waals surface area contributed by atoms with E-state index in [0.29, 0.717) is 11.8 Å². The van der Waals surface area contributed by atoms with Crippen molar-refractivity contribution in [2.75, 3.05) is 18.0 Å².